The van der Waals surface area contributed by atoms with Gasteiger partial charge in [-0.2, -0.15) is 5.10 Å². The average molecular weight is 340 g/mol. The second kappa shape index (κ2) is 8.34. The quantitative estimate of drug-likeness (QED) is 0.474. The van der Waals surface area contributed by atoms with E-state index in [2.05, 4.69) is 15.8 Å². The van der Waals surface area contributed by atoms with Crippen LogP contribution in [0.4, 0.5) is 5.69 Å². The molecule has 0 aliphatic carbocycles. The van der Waals surface area contributed by atoms with Gasteiger partial charge in [-0.1, -0.05) is 18.2 Å². The number of benzene rings is 2. The maximum Gasteiger partial charge on any atom is 0.269 e. The van der Waals surface area contributed by atoms with Gasteiger partial charge in [0.15, 0.2) is 0 Å². The normalized spacial score (nSPS) is 10.8. The SMILES string of the molecule is C/C(=N/NC(=O)CNC(=O)c1ccccc1)c1ccc([N+](=O)[O-])cc1. The molecule has 8 heteroatoms. The minimum atomic E-state index is -0.493. The van der Waals surface area contributed by atoms with E-state index < -0.39 is 10.8 Å². The smallest absolute Gasteiger partial charge is 0.269 e. The van der Waals surface area contributed by atoms with Crippen molar-refractivity contribution >= 4 is 23.2 Å². The molecule has 0 heterocycles. The fraction of sp³-hybridized carbons (Fsp3) is 0.118. The summed E-state index contributed by atoms with van der Waals surface area (Å²) < 4.78 is 0. The van der Waals surface area contributed by atoms with Crippen molar-refractivity contribution < 1.29 is 14.5 Å². The second-order valence-electron chi connectivity index (χ2n) is 5.08. The summed E-state index contributed by atoms with van der Waals surface area (Å²) in [7, 11) is 0. The van der Waals surface area contributed by atoms with Gasteiger partial charge >= 0.3 is 0 Å². The molecule has 0 aliphatic heterocycles. The largest absolute Gasteiger partial charge is 0.343 e. The number of nitro groups is 1. The molecule has 2 aromatic carbocycles. The molecule has 0 spiro atoms. The summed E-state index contributed by atoms with van der Waals surface area (Å²) in [5, 5.41) is 17.0. The van der Waals surface area contributed by atoms with Gasteiger partial charge in [0.25, 0.3) is 17.5 Å². The standard InChI is InChI=1S/C17H16N4O4/c1-12(13-7-9-15(10-8-13)21(24)25)19-20-16(22)11-18-17(23)14-5-3-2-4-6-14/h2-10H,11H2,1H3,(H,18,23)(H,20,22)/b19-12-. The van der Waals surface area contributed by atoms with Gasteiger partial charge in [-0.25, -0.2) is 5.43 Å². The zero-order valence-electron chi connectivity index (χ0n) is 13.4. The minimum absolute atomic E-state index is 0.0239. The molecule has 0 saturated heterocycles. The highest BCUT2D eigenvalue weighted by molar-refractivity contribution is 6.00. The monoisotopic (exact) mass is 340 g/mol. The van der Waals surface area contributed by atoms with Gasteiger partial charge in [-0.3, -0.25) is 19.7 Å². The molecule has 0 saturated carbocycles. The van der Waals surface area contributed by atoms with E-state index in [-0.39, 0.29) is 18.1 Å². The van der Waals surface area contributed by atoms with E-state index >= 15 is 0 Å². The van der Waals surface area contributed by atoms with Crippen molar-refractivity contribution in [3.05, 3.63) is 75.8 Å². The van der Waals surface area contributed by atoms with Crippen LogP contribution in [-0.4, -0.2) is 29.0 Å². The van der Waals surface area contributed by atoms with Gasteiger partial charge in [0.05, 0.1) is 17.2 Å². The van der Waals surface area contributed by atoms with Gasteiger partial charge in [-0.15, -0.1) is 0 Å². The molecule has 8 nitrogen and oxygen atoms in total. The molecule has 0 bridgehead atoms. The van der Waals surface area contributed by atoms with E-state index in [9.17, 15) is 19.7 Å². The Labute approximate surface area is 143 Å². The summed E-state index contributed by atoms with van der Waals surface area (Å²) in [4.78, 5) is 33.7. The first-order valence-corrected chi connectivity index (χ1v) is 7.38. The van der Waals surface area contributed by atoms with E-state index in [1.54, 1.807) is 49.4 Å². The number of hydrogen-bond acceptors (Lipinski definition) is 5. The lowest BCUT2D eigenvalue weighted by Crippen LogP contribution is -2.35. The Balaban J connectivity index is 1.86. The maximum absolute atomic E-state index is 11.8. The molecule has 0 unspecified atom stereocenters. The zero-order chi connectivity index (χ0) is 18.2. The first kappa shape index (κ1) is 17.8. The fourth-order valence-corrected chi connectivity index (χ4v) is 1.93. The summed E-state index contributed by atoms with van der Waals surface area (Å²) in [5.41, 5.74) is 3.88. The summed E-state index contributed by atoms with van der Waals surface area (Å²) in [6.07, 6.45) is 0. The van der Waals surface area contributed by atoms with Gasteiger partial charge in [-0.05, 0) is 36.8 Å². The Morgan fingerprint density at radius 1 is 1.04 bits per heavy atom. The number of carbonyl (C=O) groups excluding carboxylic acids is 2. The van der Waals surface area contributed by atoms with E-state index in [1.165, 1.54) is 12.1 Å². The van der Waals surface area contributed by atoms with Crippen molar-refractivity contribution in [3.8, 4) is 0 Å². The van der Waals surface area contributed by atoms with Gasteiger partial charge in [0.2, 0.25) is 0 Å². The van der Waals surface area contributed by atoms with Crippen LogP contribution in [0.15, 0.2) is 59.7 Å². The average Bonchev–Trinajstić information content (AvgIpc) is 2.64. The first-order valence-electron chi connectivity index (χ1n) is 7.38. The lowest BCUT2D eigenvalue weighted by molar-refractivity contribution is -0.384. The van der Waals surface area contributed by atoms with Gasteiger partial charge in [0, 0.05) is 17.7 Å². The zero-order valence-corrected chi connectivity index (χ0v) is 13.4. The number of nitro benzene ring substituents is 1. The van der Waals surface area contributed by atoms with Crippen molar-refractivity contribution in [2.45, 2.75) is 6.92 Å². The van der Waals surface area contributed by atoms with Crippen molar-refractivity contribution in [1.29, 1.82) is 0 Å². The van der Waals surface area contributed by atoms with Gasteiger partial charge < -0.3 is 5.32 Å². The predicted octanol–water partition coefficient (Wildman–Crippen LogP) is 1.86. The molecule has 128 valence electrons. The lowest BCUT2D eigenvalue weighted by Gasteiger charge is -2.05. The Bertz CT molecular complexity index is 801. The first-order chi connectivity index (χ1) is 12.0. The third-order valence-corrected chi connectivity index (χ3v) is 3.29. The van der Waals surface area contributed by atoms with E-state index in [0.29, 0.717) is 16.8 Å². The molecule has 0 atom stereocenters. The summed E-state index contributed by atoms with van der Waals surface area (Å²) in [6, 6.07) is 14.3. The number of rotatable bonds is 6. The highest BCUT2D eigenvalue weighted by Gasteiger charge is 2.08. The van der Waals surface area contributed by atoms with Crippen LogP contribution in [0.5, 0.6) is 0 Å². The predicted molar refractivity (Wildman–Crippen MR) is 92.2 cm³/mol. The van der Waals surface area contributed by atoms with Crippen LogP contribution in [0, 0.1) is 10.1 Å². The molecule has 25 heavy (non-hydrogen) atoms. The molecule has 0 aliphatic rings. The van der Waals surface area contributed by atoms with Crippen LogP contribution in [-0.2, 0) is 4.79 Å². The van der Waals surface area contributed by atoms with E-state index in [1.807, 2.05) is 0 Å². The lowest BCUT2D eigenvalue weighted by atomic mass is 10.1. The third-order valence-electron chi connectivity index (χ3n) is 3.29. The Morgan fingerprint density at radius 2 is 1.68 bits per heavy atom. The molecule has 0 aromatic heterocycles. The highest BCUT2D eigenvalue weighted by atomic mass is 16.6. The van der Waals surface area contributed by atoms with Crippen molar-refractivity contribution in [1.82, 2.24) is 10.7 Å². The van der Waals surface area contributed by atoms with E-state index in [4.69, 9.17) is 0 Å². The number of carbonyl (C=O) groups is 2. The van der Waals surface area contributed by atoms with Crippen molar-refractivity contribution in [3.63, 3.8) is 0 Å². The molecule has 2 amide bonds. The van der Waals surface area contributed by atoms with Gasteiger partial charge in [0.1, 0.15) is 0 Å². The van der Waals surface area contributed by atoms with Crippen LogP contribution in [0.1, 0.15) is 22.8 Å². The molecule has 0 radical (unpaired) electrons. The number of nitrogens with zero attached hydrogens (tertiary/aromatic N) is 2. The van der Waals surface area contributed by atoms with E-state index in [0.717, 1.165) is 0 Å². The van der Waals surface area contributed by atoms with Crippen LogP contribution < -0.4 is 10.7 Å². The van der Waals surface area contributed by atoms with Crippen LogP contribution in [0.2, 0.25) is 0 Å². The van der Waals surface area contributed by atoms with Crippen LogP contribution >= 0.6 is 0 Å². The second-order valence-corrected chi connectivity index (χ2v) is 5.08. The van der Waals surface area contributed by atoms with Crippen molar-refractivity contribution in [2.75, 3.05) is 6.54 Å². The Kier molecular flexibility index (Phi) is 5.94. The number of hydrazone groups is 1. The minimum Gasteiger partial charge on any atom is -0.343 e. The Hall–Kier alpha value is -3.55. The van der Waals surface area contributed by atoms with Crippen LogP contribution in [0.25, 0.3) is 0 Å². The highest BCUT2D eigenvalue weighted by Crippen LogP contribution is 2.12. The molecular formula is C17H16N4O4. The Morgan fingerprint density at radius 3 is 2.28 bits per heavy atom. The molecule has 2 rings (SSSR count). The number of nitrogens with one attached hydrogen (secondary N) is 2. The summed E-state index contributed by atoms with van der Waals surface area (Å²) in [6.45, 7) is 1.44. The summed E-state index contributed by atoms with van der Waals surface area (Å²) >= 11 is 0. The molecule has 0 fully saturated rings. The molecule has 2 aromatic rings. The maximum atomic E-state index is 11.8. The van der Waals surface area contributed by atoms with Crippen molar-refractivity contribution in [2.24, 2.45) is 5.10 Å². The molecular weight excluding hydrogens is 324 g/mol. The topological polar surface area (TPSA) is 114 Å². The van der Waals surface area contributed by atoms with Crippen LogP contribution in [0.3, 0.4) is 0 Å². The summed E-state index contributed by atoms with van der Waals surface area (Å²) in [5.74, 6) is -0.836. The number of hydrogen-bond donors (Lipinski definition) is 2. The fourth-order valence-electron chi connectivity index (χ4n) is 1.93. The third kappa shape index (κ3) is 5.24. The molecule has 2 N–H and O–H groups in total. The number of amides is 2. The number of non-ortho nitro benzene ring substituents is 1.